The first-order valence-corrected chi connectivity index (χ1v) is 9.15. The number of aryl methyl sites for hydroxylation is 1. The van der Waals surface area contributed by atoms with E-state index in [1.54, 1.807) is 23.1 Å². The Morgan fingerprint density at radius 2 is 2.17 bits per heavy atom. The summed E-state index contributed by atoms with van der Waals surface area (Å²) in [7, 11) is 0. The maximum Gasteiger partial charge on any atom is 0.217 e. The van der Waals surface area contributed by atoms with Crippen LogP contribution in [0.1, 0.15) is 24.2 Å². The Morgan fingerprint density at radius 3 is 2.91 bits per heavy atom. The minimum Gasteiger partial charge on any atom is -0.370 e. The second kappa shape index (κ2) is 7.10. The van der Waals surface area contributed by atoms with E-state index in [4.69, 9.17) is 5.73 Å². The molecule has 0 atom stereocenters. The van der Waals surface area contributed by atoms with Crippen LogP contribution in [0.25, 0.3) is 10.2 Å². The summed E-state index contributed by atoms with van der Waals surface area (Å²) in [5.74, 6) is 1.24. The summed E-state index contributed by atoms with van der Waals surface area (Å²) in [4.78, 5) is 15.6. The Hall–Kier alpha value is -1.93. The van der Waals surface area contributed by atoms with Crippen LogP contribution in [0.2, 0.25) is 0 Å². The number of nitrogens with two attached hydrogens (primary N) is 1. The van der Waals surface area contributed by atoms with Crippen LogP contribution in [0.5, 0.6) is 0 Å². The van der Waals surface area contributed by atoms with Crippen LogP contribution in [0, 0.1) is 0 Å². The lowest BCUT2D eigenvalue weighted by atomic mass is 10.3. The highest BCUT2D eigenvalue weighted by Gasteiger charge is 2.13. The number of carbonyl (C=O) groups is 1. The van der Waals surface area contributed by atoms with E-state index >= 15 is 0 Å². The van der Waals surface area contributed by atoms with Crippen molar-refractivity contribution in [3.8, 4) is 0 Å². The lowest BCUT2D eigenvalue weighted by molar-refractivity contribution is -0.118. The Bertz CT molecular complexity index is 793. The first-order valence-electron chi connectivity index (χ1n) is 7.35. The molecule has 0 aliphatic carbocycles. The summed E-state index contributed by atoms with van der Waals surface area (Å²) in [6.45, 7) is 2.81. The highest BCUT2D eigenvalue weighted by molar-refractivity contribution is 7.98. The number of para-hydroxylation sites is 1. The van der Waals surface area contributed by atoms with Crippen molar-refractivity contribution in [2.24, 2.45) is 5.73 Å². The predicted octanol–water partition coefficient (Wildman–Crippen LogP) is 2.62. The van der Waals surface area contributed by atoms with E-state index < -0.39 is 0 Å². The first-order chi connectivity index (χ1) is 11.2. The molecule has 6 nitrogen and oxygen atoms in total. The Labute approximate surface area is 142 Å². The minimum absolute atomic E-state index is 0.292. The molecule has 8 heteroatoms. The molecule has 2 N–H and O–H groups in total. The van der Waals surface area contributed by atoms with Crippen LogP contribution in [0.15, 0.2) is 29.4 Å². The topological polar surface area (TPSA) is 86.7 Å². The number of rotatable bonds is 7. The summed E-state index contributed by atoms with van der Waals surface area (Å²) < 4.78 is 3.23. The van der Waals surface area contributed by atoms with Gasteiger partial charge < -0.3 is 10.3 Å². The zero-order valence-corrected chi connectivity index (χ0v) is 14.4. The van der Waals surface area contributed by atoms with Gasteiger partial charge in [0.05, 0.1) is 16.0 Å². The summed E-state index contributed by atoms with van der Waals surface area (Å²) in [6.07, 6.45) is 0.818. The monoisotopic (exact) mass is 347 g/mol. The third-order valence-electron chi connectivity index (χ3n) is 3.37. The van der Waals surface area contributed by atoms with E-state index in [2.05, 4.69) is 21.2 Å². The summed E-state index contributed by atoms with van der Waals surface area (Å²) in [6, 6.07) is 8.13. The minimum atomic E-state index is -0.320. The fourth-order valence-electron chi connectivity index (χ4n) is 2.27. The molecule has 1 aromatic carbocycles. The van der Waals surface area contributed by atoms with Crippen molar-refractivity contribution in [2.75, 3.05) is 0 Å². The number of hydrogen-bond acceptors (Lipinski definition) is 6. The smallest absolute Gasteiger partial charge is 0.217 e. The molecule has 120 valence electrons. The van der Waals surface area contributed by atoms with Gasteiger partial charge in [-0.15, -0.1) is 21.5 Å². The van der Waals surface area contributed by atoms with Crippen LogP contribution >= 0.6 is 23.1 Å². The van der Waals surface area contributed by atoms with Gasteiger partial charge >= 0.3 is 0 Å². The number of aromatic nitrogens is 4. The Balaban J connectivity index is 1.71. The van der Waals surface area contributed by atoms with Crippen LogP contribution in [0.4, 0.5) is 0 Å². The third-order valence-corrected chi connectivity index (χ3v) is 5.56. The number of hydrogen-bond donors (Lipinski definition) is 1. The van der Waals surface area contributed by atoms with Crippen molar-refractivity contribution in [1.29, 1.82) is 0 Å². The first kappa shape index (κ1) is 15.9. The molecule has 2 heterocycles. The van der Waals surface area contributed by atoms with Gasteiger partial charge in [-0.3, -0.25) is 4.79 Å². The maximum absolute atomic E-state index is 10.9. The average molecular weight is 347 g/mol. The number of amides is 1. The van der Waals surface area contributed by atoms with E-state index in [-0.39, 0.29) is 5.91 Å². The number of carbonyl (C=O) groups excluding carboxylic acids is 1. The van der Waals surface area contributed by atoms with Gasteiger partial charge in [-0.1, -0.05) is 23.9 Å². The van der Waals surface area contributed by atoms with E-state index in [1.807, 2.05) is 29.7 Å². The number of primary amides is 1. The van der Waals surface area contributed by atoms with E-state index in [1.165, 1.54) is 4.70 Å². The zero-order chi connectivity index (χ0) is 16.2. The zero-order valence-electron chi connectivity index (χ0n) is 12.7. The van der Waals surface area contributed by atoms with Crippen molar-refractivity contribution in [3.63, 3.8) is 0 Å². The highest BCUT2D eigenvalue weighted by atomic mass is 32.2. The molecule has 3 rings (SSSR count). The molecule has 0 saturated carbocycles. The lowest BCUT2D eigenvalue weighted by Crippen LogP contribution is -2.13. The van der Waals surface area contributed by atoms with E-state index in [9.17, 15) is 4.79 Å². The maximum atomic E-state index is 10.9. The molecular weight excluding hydrogens is 330 g/mol. The summed E-state index contributed by atoms with van der Waals surface area (Å²) >= 11 is 3.32. The van der Waals surface area contributed by atoms with Gasteiger partial charge in [-0.25, -0.2) is 4.98 Å². The molecule has 23 heavy (non-hydrogen) atoms. The molecule has 2 aromatic heterocycles. The molecule has 0 unspecified atom stereocenters. The number of nitrogens with zero attached hydrogens (tertiary/aromatic N) is 4. The van der Waals surface area contributed by atoms with Gasteiger partial charge in [0.25, 0.3) is 0 Å². The Morgan fingerprint density at radius 1 is 1.35 bits per heavy atom. The van der Waals surface area contributed by atoms with Crippen LogP contribution in [0.3, 0.4) is 0 Å². The van der Waals surface area contributed by atoms with Gasteiger partial charge in [0.2, 0.25) is 5.91 Å². The molecule has 0 radical (unpaired) electrons. The molecule has 0 saturated heterocycles. The fraction of sp³-hybridized carbons (Fsp3) is 0.333. The fourth-order valence-corrected chi connectivity index (χ4v) is 4.25. The number of thioether (sulfide) groups is 1. The quantitative estimate of drug-likeness (QED) is 0.664. The van der Waals surface area contributed by atoms with Gasteiger partial charge in [-0.05, 0) is 19.1 Å². The van der Waals surface area contributed by atoms with Crippen LogP contribution in [-0.4, -0.2) is 25.7 Å². The largest absolute Gasteiger partial charge is 0.370 e. The SMILES string of the molecule is CCn1c(CCC(N)=O)nnc1SCc1nc2ccccc2s1. The number of benzene rings is 1. The van der Waals surface area contributed by atoms with Gasteiger partial charge in [0.1, 0.15) is 10.8 Å². The van der Waals surface area contributed by atoms with Crippen LogP contribution in [-0.2, 0) is 23.5 Å². The van der Waals surface area contributed by atoms with Crippen molar-refractivity contribution in [1.82, 2.24) is 19.7 Å². The molecular formula is C15H17N5OS2. The van der Waals surface area contributed by atoms with E-state index in [0.717, 1.165) is 33.8 Å². The summed E-state index contributed by atoms with van der Waals surface area (Å²) in [5, 5.41) is 10.3. The molecule has 0 bridgehead atoms. The molecule has 0 spiro atoms. The van der Waals surface area contributed by atoms with Crippen LogP contribution < -0.4 is 5.73 Å². The van der Waals surface area contributed by atoms with Gasteiger partial charge in [-0.2, -0.15) is 0 Å². The van der Waals surface area contributed by atoms with E-state index in [0.29, 0.717) is 12.8 Å². The summed E-state index contributed by atoms with van der Waals surface area (Å²) in [5.41, 5.74) is 6.24. The second-order valence-corrected chi connectivity index (χ2v) is 7.03. The third kappa shape index (κ3) is 3.70. The normalized spacial score (nSPS) is 11.2. The van der Waals surface area contributed by atoms with Gasteiger partial charge in [0.15, 0.2) is 5.16 Å². The van der Waals surface area contributed by atoms with Gasteiger partial charge in [0, 0.05) is 19.4 Å². The highest BCUT2D eigenvalue weighted by Crippen LogP contribution is 2.28. The van der Waals surface area contributed by atoms with Crippen molar-refractivity contribution in [2.45, 2.75) is 37.2 Å². The lowest BCUT2D eigenvalue weighted by Gasteiger charge is -2.05. The molecule has 0 aliphatic rings. The number of thiazole rings is 1. The van der Waals surface area contributed by atoms with Crippen molar-refractivity contribution >= 4 is 39.2 Å². The predicted molar refractivity (Wildman–Crippen MR) is 92.4 cm³/mol. The molecule has 0 fully saturated rings. The molecule has 0 aliphatic heterocycles. The second-order valence-electron chi connectivity index (χ2n) is 4.97. The Kier molecular flexibility index (Phi) is 4.92. The standard InChI is InChI=1S/C15H17N5OS2/c1-2-20-13(8-7-12(16)21)18-19-15(20)22-9-14-17-10-5-3-4-6-11(10)23-14/h3-6H,2,7-9H2,1H3,(H2,16,21). The number of fused-ring (bicyclic) bond motifs is 1. The van der Waals surface area contributed by atoms with Crippen molar-refractivity contribution in [3.05, 3.63) is 35.1 Å². The molecule has 3 aromatic rings. The average Bonchev–Trinajstić information content (AvgIpc) is 3.13. The van der Waals surface area contributed by atoms with Crippen molar-refractivity contribution < 1.29 is 4.79 Å². The molecule has 1 amide bonds.